The Balaban J connectivity index is 2.97. The quantitative estimate of drug-likeness (QED) is 0.590. The van der Waals surface area contributed by atoms with Gasteiger partial charge in [0.05, 0.1) is 4.92 Å². The summed E-state index contributed by atoms with van der Waals surface area (Å²) < 4.78 is 38.7. The molecule has 0 radical (unpaired) electrons. The van der Waals surface area contributed by atoms with E-state index >= 15 is 0 Å². The number of ether oxygens (including phenoxy) is 1. The van der Waals surface area contributed by atoms with Crippen LogP contribution in [0.15, 0.2) is 18.2 Å². The molecular formula is C7H3ClF3NO3. The summed E-state index contributed by atoms with van der Waals surface area (Å²) in [6, 6.07) is 2.38. The van der Waals surface area contributed by atoms with Gasteiger partial charge < -0.3 is 4.74 Å². The molecule has 0 fully saturated rings. The maximum absolute atomic E-state index is 11.7. The number of rotatable bonds is 2. The van der Waals surface area contributed by atoms with Gasteiger partial charge in [-0.3, -0.25) is 10.1 Å². The number of halogens is 4. The van der Waals surface area contributed by atoms with E-state index in [1.54, 1.807) is 0 Å². The van der Waals surface area contributed by atoms with Crippen molar-refractivity contribution in [1.29, 1.82) is 0 Å². The van der Waals surface area contributed by atoms with E-state index in [4.69, 9.17) is 11.6 Å². The first-order valence-electron chi connectivity index (χ1n) is 3.49. The van der Waals surface area contributed by atoms with Crippen molar-refractivity contribution in [2.45, 2.75) is 6.36 Å². The number of hydrogen-bond acceptors (Lipinski definition) is 3. The molecule has 0 aliphatic heterocycles. The smallest absolute Gasteiger partial charge is 0.406 e. The number of nitro benzene ring substituents is 1. The van der Waals surface area contributed by atoms with Gasteiger partial charge in [0.15, 0.2) is 0 Å². The fraction of sp³-hybridized carbons (Fsp3) is 0.143. The lowest BCUT2D eigenvalue weighted by atomic mass is 10.3. The van der Waals surface area contributed by atoms with E-state index in [1.807, 2.05) is 0 Å². The van der Waals surface area contributed by atoms with Crippen LogP contribution < -0.4 is 4.74 Å². The summed E-state index contributed by atoms with van der Waals surface area (Å²) in [5.41, 5.74) is -0.480. The van der Waals surface area contributed by atoms with Crippen molar-refractivity contribution in [3.05, 3.63) is 33.3 Å². The molecule has 0 heterocycles. The highest BCUT2D eigenvalue weighted by atomic mass is 35.5. The van der Waals surface area contributed by atoms with Crippen molar-refractivity contribution in [2.24, 2.45) is 0 Å². The molecule has 0 amide bonds. The minimum absolute atomic E-state index is 0.415. The second kappa shape index (κ2) is 3.93. The number of nitro groups is 1. The fourth-order valence-electron chi connectivity index (χ4n) is 0.833. The zero-order valence-electron chi connectivity index (χ0n) is 6.92. The van der Waals surface area contributed by atoms with Crippen molar-refractivity contribution in [3.8, 4) is 5.75 Å². The Morgan fingerprint density at radius 3 is 2.40 bits per heavy atom. The summed E-state index contributed by atoms with van der Waals surface area (Å²) in [6.45, 7) is 0. The Bertz CT molecular complexity index is 394. The molecule has 0 N–H and O–H groups in total. The van der Waals surface area contributed by atoms with Crippen LogP contribution in [0, 0.1) is 10.1 Å². The van der Waals surface area contributed by atoms with Crippen LogP contribution in [0.4, 0.5) is 18.9 Å². The van der Waals surface area contributed by atoms with Gasteiger partial charge in [0.1, 0.15) is 10.8 Å². The normalized spacial score (nSPS) is 11.2. The highest BCUT2D eigenvalue weighted by Gasteiger charge is 2.31. The van der Waals surface area contributed by atoms with Gasteiger partial charge in [-0.15, -0.1) is 13.2 Å². The zero-order chi connectivity index (χ0) is 11.6. The highest BCUT2D eigenvalue weighted by molar-refractivity contribution is 6.32. The molecule has 0 saturated carbocycles. The summed E-state index contributed by atoms with van der Waals surface area (Å²) in [7, 11) is 0. The molecule has 8 heteroatoms. The van der Waals surface area contributed by atoms with Crippen LogP contribution in [0.2, 0.25) is 5.02 Å². The summed E-state index contributed by atoms with van der Waals surface area (Å²) in [6.07, 6.45) is -4.85. The Hall–Kier alpha value is -1.50. The van der Waals surface area contributed by atoms with Gasteiger partial charge in [0, 0.05) is 12.1 Å². The largest absolute Gasteiger partial charge is 0.573 e. The molecule has 0 spiro atoms. The van der Waals surface area contributed by atoms with Crippen LogP contribution in [-0.4, -0.2) is 11.3 Å². The van der Waals surface area contributed by atoms with Crippen LogP contribution in [0.5, 0.6) is 5.75 Å². The third-order valence-corrected chi connectivity index (χ3v) is 1.65. The van der Waals surface area contributed by atoms with Crippen molar-refractivity contribution in [3.63, 3.8) is 0 Å². The molecule has 82 valence electrons. The average Bonchev–Trinajstić information content (AvgIpc) is 1.99. The molecule has 0 saturated heterocycles. The van der Waals surface area contributed by atoms with E-state index in [1.165, 1.54) is 0 Å². The van der Waals surface area contributed by atoms with Crippen molar-refractivity contribution in [1.82, 2.24) is 0 Å². The van der Waals surface area contributed by atoms with E-state index < -0.39 is 27.7 Å². The molecule has 4 nitrogen and oxygen atoms in total. The predicted molar refractivity (Wildman–Crippen MR) is 44.8 cm³/mol. The summed E-state index contributed by atoms with van der Waals surface area (Å²) in [4.78, 5) is 9.47. The van der Waals surface area contributed by atoms with E-state index in [0.29, 0.717) is 0 Å². The third kappa shape index (κ3) is 3.28. The highest BCUT2D eigenvalue weighted by Crippen LogP contribution is 2.31. The third-order valence-electron chi connectivity index (χ3n) is 1.35. The van der Waals surface area contributed by atoms with Gasteiger partial charge in [-0.1, -0.05) is 11.6 Å². The maximum atomic E-state index is 11.7. The molecule has 0 aromatic heterocycles. The van der Waals surface area contributed by atoms with Crippen LogP contribution >= 0.6 is 11.6 Å². The molecule has 1 rings (SSSR count). The summed E-state index contributed by atoms with van der Waals surface area (Å²) in [5.74, 6) is -0.599. The SMILES string of the molecule is O=[N+]([O-])c1ccc(OC(F)(F)F)cc1Cl. The van der Waals surface area contributed by atoms with Gasteiger partial charge in [0.25, 0.3) is 5.69 Å². The second-order valence-corrected chi connectivity index (χ2v) is 2.83. The lowest BCUT2D eigenvalue weighted by molar-refractivity contribution is -0.384. The zero-order valence-corrected chi connectivity index (χ0v) is 7.67. The fourth-order valence-corrected chi connectivity index (χ4v) is 1.07. The van der Waals surface area contributed by atoms with E-state index in [-0.39, 0.29) is 0 Å². The minimum atomic E-state index is -4.85. The summed E-state index contributed by atoms with van der Waals surface area (Å²) in [5, 5.41) is 9.86. The average molecular weight is 242 g/mol. The second-order valence-electron chi connectivity index (χ2n) is 2.42. The van der Waals surface area contributed by atoms with Gasteiger partial charge in [-0.05, 0) is 6.07 Å². The van der Waals surface area contributed by atoms with E-state index in [0.717, 1.165) is 18.2 Å². The predicted octanol–water partition coefficient (Wildman–Crippen LogP) is 3.15. The van der Waals surface area contributed by atoms with Crippen LogP contribution in [0.1, 0.15) is 0 Å². The van der Waals surface area contributed by atoms with Crippen molar-refractivity contribution in [2.75, 3.05) is 0 Å². The minimum Gasteiger partial charge on any atom is -0.406 e. The first-order valence-corrected chi connectivity index (χ1v) is 3.87. The number of alkyl halides is 3. The monoisotopic (exact) mass is 241 g/mol. The molecule has 1 aromatic carbocycles. The lowest BCUT2D eigenvalue weighted by Crippen LogP contribution is -2.17. The Kier molecular flexibility index (Phi) is 3.04. The van der Waals surface area contributed by atoms with Crippen molar-refractivity contribution >= 4 is 17.3 Å². The molecule has 0 aliphatic rings. The summed E-state index contributed by atoms with van der Waals surface area (Å²) >= 11 is 5.36. The maximum Gasteiger partial charge on any atom is 0.573 e. The van der Waals surface area contributed by atoms with Gasteiger partial charge in [-0.25, -0.2) is 0 Å². The first kappa shape index (κ1) is 11.6. The molecule has 15 heavy (non-hydrogen) atoms. The van der Waals surface area contributed by atoms with Crippen molar-refractivity contribution < 1.29 is 22.8 Å². The molecule has 0 unspecified atom stereocenters. The topological polar surface area (TPSA) is 52.4 Å². The molecule has 0 atom stereocenters. The van der Waals surface area contributed by atoms with Crippen LogP contribution in [-0.2, 0) is 0 Å². The Morgan fingerprint density at radius 1 is 1.40 bits per heavy atom. The molecule has 0 bridgehead atoms. The number of hydrogen-bond donors (Lipinski definition) is 0. The standard InChI is InChI=1S/C7H3ClF3NO3/c8-5-3-4(15-7(9,10)11)1-2-6(5)12(13)14/h1-3H. The van der Waals surface area contributed by atoms with Gasteiger partial charge >= 0.3 is 6.36 Å². The van der Waals surface area contributed by atoms with Gasteiger partial charge in [0.2, 0.25) is 0 Å². The lowest BCUT2D eigenvalue weighted by Gasteiger charge is -2.08. The Morgan fingerprint density at radius 2 is 2.00 bits per heavy atom. The molecular weight excluding hydrogens is 239 g/mol. The van der Waals surface area contributed by atoms with E-state index in [9.17, 15) is 23.3 Å². The molecule has 1 aromatic rings. The number of benzene rings is 1. The van der Waals surface area contributed by atoms with Crippen LogP contribution in [0.25, 0.3) is 0 Å². The molecule has 0 aliphatic carbocycles. The van der Waals surface area contributed by atoms with Crippen LogP contribution in [0.3, 0.4) is 0 Å². The Labute approximate surface area is 86.4 Å². The van der Waals surface area contributed by atoms with Gasteiger partial charge in [-0.2, -0.15) is 0 Å². The van der Waals surface area contributed by atoms with E-state index in [2.05, 4.69) is 4.74 Å². The number of nitrogens with zero attached hydrogens (tertiary/aromatic N) is 1. The first-order chi connectivity index (χ1) is 6.79.